The first-order valence-electron chi connectivity index (χ1n) is 16.4. The van der Waals surface area contributed by atoms with Crippen molar-refractivity contribution in [3.05, 3.63) is 71.8 Å². The number of aliphatic carboxylic acids is 1. The van der Waals surface area contributed by atoms with Crippen LogP contribution in [0.25, 0.3) is 0 Å². The molecule has 0 aromatic heterocycles. The highest BCUT2D eigenvalue weighted by Gasteiger charge is 2.42. The number of ether oxygens (including phenoxy) is 1. The van der Waals surface area contributed by atoms with Gasteiger partial charge in [-0.15, -0.1) is 19.2 Å². The van der Waals surface area contributed by atoms with Crippen molar-refractivity contribution < 1.29 is 28.4 Å². The molecule has 246 valence electrons. The summed E-state index contributed by atoms with van der Waals surface area (Å²) in [6.07, 6.45) is 5.46. The number of carbonyl (C=O) groups is 2. The van der Waals surface area contributed by atoms with Crippen LogP contribution in [-0.4, -0.2) is 58.6 Å². The van der Waals surface area contributed by atoms with Gasteiger partial charge in [-0.3, -0.25) is 9.59 Å². The van der Waals surface area contributed by atoms with Gasteiger partial charge >= 0.3 is 11.9 Å². The van der Waals surface area contributed by atoms with E-state index in [2.05, 4.69) is 6.92 Å². The molecule has 0 aliphatic rings. The van der Waals surface area contributed by atoms with Gasteiger partial charge in [-0.2, -0.15) is 0 Å². The Balaban J connectivity index is 2.42. The van der Waals surface area contributed by atoms with Gasteiger partial charge in [-0.25, -0.2) is 0 Å². The molecule has 2 aromatic rings. The van der Waals surface area contributed by atoms with Crippen LogP contribution in [0, 0.1) is 17.8 Å². The maximum absolute atomic E-state index is 16.5. The van der Waals surface area contributed by atoms with Crippen molar-refractivity contribution in [3.63, 3.8) is 0 Å². The number of carbonyl (C=O) groups excluding carboxylic acids is 1. The van der Waals surface area contributed by atoms with Crippen LogP contribution in [0.4, 0.5) is 8.96 Å². The van der Waals surface area contributed by atoms with Gasteiger partial charge in [-0.05, 0) is 69.4 Å². The molecule has 6 nitrogen and oxygen atoms in total. The highest BCUT2D eigenvalue weighted by molar-refractivity contribution is 5.93. The van der Waals surface area contributed by atoms with E-state index in [9.17, 15) is 14.7 Å². The summed E-state index contributed by atoms with van der Waals surface area (Å²) in [7, 11) is 0. The molecule has 2 aromatic carbocycles. The average molecular weight is 617 g/mol. The molecule has 0 aliphatic carbocycles. The molecule has 0 radical (unpaired) electrons. The molecule has 0 amide bonds. The van der Waals surface area contributed by atoms with Crippen molar-refractivity contribution >= 4 is 11.9 Å². The van der Waals surface area contributed by atoms with Crippen molar-refractivity contribution in [1.29, 1.82) is 0 Å². The van der Waals surface area contributed by atoms with Gasteiger partial charge < -0.3 is 9.84 Å². The van der Waals surface area contributed by atoms with Crippen LogP contribution in [0.5, 0.6) is 0 Å². The summed E-state index contributed by atoms with van der Waals surface area (Å²) in [4.78, 5) is 25.1. The highest BCUT2D eigenvalue weighted by Crippen LogP contribution is 2.37. The Morgan fingerprint density at radius 1 is 0.818 bits per heavy atom. The summed E-state index contributed by atoms with van der Waals surface area (Å²) in [5.41, 5.74) is 1.98. The zero-order chi connectivity index (χ0) is 32.5. The van der Waals surface area contributed by atoms with Gasteiger partial charge in [0.25, 0.3) is 0 Å². The number of carboxylic acids is 1. The Labute approximate surface area is 263 Å². The molecule has 0 heterocycles. The predicted molar refractivity (Wildman–Crippen MR) is 172 cm³/mol. The van der Waals surface area contributed by atoms with E-state index in [0.29, 0.717) is 25.7 Å². The zero-order valence-electron chi connectivity index (χ0n) is 27.3. The SMILES string of the molecule is CCCCCCC(C(CC)CC(C(=O)O)C(=O)OC(C)C)C(C(C)N(F)CCc1ccccc1)N(F)CCc1ccccc1. The predicted octanol–water partition coefficient (Wildman–Crippen LogP) is 8.26. The number of carboxylic acid groups (broad SMARTS) is 1. The zero-order valence-corrected chi connectivity index (χ0v) is 27.3. The Morgan fingerprint density at radius 3 is 1.84 bits per heavy atom. The third-order valence-electron chi connectivity index (χ3n) is 8.61. The van der Waals surface area contributed by atoms with Gasteiger partial charge in [-0.1, -0.05) is 107 Å². The molecule has 0 fully saturated rings. The molecule has 0 aliphatic heterocycles. The highest BCUT2D eigenvalue weighted by atomic mass is 19.2. The van der Waals surface area contributed by atoms with Gasteiger partial charge in [0.1, 0.15) is 0 Å². The van der Waals surface area contributed by atoms with E-state index in [1.807, 2.05) is 67.6 Å². The van der Waals surface area contributed by atoms with E-state index in [0.717, 1.165) is 47.1 Å². The summed E-state index contributed by atoms with van der Waals surface area (Å²) in [5.74, 6) is -4.11. The lowest BCUT2D eigenvalue weighted by atomic mass is 9.74. The minimum Gasteiger partial charge on any atom is -0.481 e. The Kier molecular flexibility index (Phi) is 17.2. The van der Waals surface area contributed by atoms with E-state index in [1.165, 1.54) is 0 Å². The van der Waals surface area contributed by atoms with Crippen molar-refractivity contribution in [2.45, 2.75) is 111 Å². The van der Waals surface area contributed by atoms with Crippen molar-refractivity contribution in [1.82, 2.24) is 10.2 Å². The quantitative estimate of drug-likeness (QED) is 0.0622. The Morgan fingerprint density at radius 2 is 1.36 bits per heavy atom. The van der Waals surface area contributed by atoms with Crippen LogP contribution in [0.1, 0.15) is 90.7 Å². The smallest absolute Gasteiger partial charge is 0.320 e. The Bertz CT molecular complexity index is 1070. The Hall–Kier alpha value is -2.84. The average Bonchev–Trinajstić information content (AvgIpc) is 3.01. The fourth-order valence-electron chi connectivity index (χ4n) is 6.13. The minimum atomic E-state index is -1.37. The second-order valence-corrected chi connectivity index (χ2v) is 12.2. The van der Waals surface area contributed by atoms with E-state index >= 15 is 8.96 Å². The lowest BCUT2D eigenvalue weighted by Crippen LogP contribution is -2.52. The van der Waals surface area contributed by atoms with Gasteiger partial charge in [0.2, 0.25) is 0 Å². The fourth-order valence-corrected chi connectivity index (χ4v) is 6.13. The second-order valence-electron chi connectivity index (χ2n) is 12.2. The summed E-state index contributed by atoms with van der Waals surface area (Å²) in [5, 5.41) is 11.5. The van der Waals surface area contributed by atoms with E-state index in [-0.39, 0.29) is 31.3 Å². The van der Waals surface area contributed by atoms with Crippen LogP contribution in [0.15, 0.2) is 60.7 Å². The number of benzene rings is 2. The summed E-state index contributed by atoms with van der Waals surface area (Å²) < 4.78 is 37.8. The molecule has 0 saturated heterocycles. The number of esters is 1. The largest absolute Gasteiger partial charge is 0.481 e. The van der Waals surface area contributed by atoms with Crippen LogP contribution >= 0.6 is 0 Å². The van der Waals surface area contributed by atoms with Crippen molar-refractivity contribution in [2.24, 2.45) is 17.8 Å². The molecular weight excluding hydrogens is 562 g/mol. The number of unbranched alkanes of at least 4 members (excludes halogenated alkanes) is 3. The summed E-state index contributed by atoms with van der Waals surface area (Å²) >= 11 is 0. The monoisotopic (exact) mass is 616 g/mol. The number of nitrogens with zero attached hydrogens (tertiary/aromatic N) is 2. The molecule has 0 saturated carbocycles. The van der Waals surface area contributed by atoms with Crippen LogP contribution in [0.3, 0.4) is 0 Å². The van der Waals surface area contributed by atoms with Crippen LogP contribution in [-0.2, 0) is 27.2 Å². The van der Waals surface area contributed by atoms with Crippen molar-refractivity contribution in [3.8, 4) is 0 Å². The van der Waals surface area contributed by atoms with Gasteiger partial charge in [0.15, 0.2) is 5.92 Å². The lowest BCUT2D eigenvalue weighted by molar-refractivity contribution is -0.163. The fraction of sp³-hybridized carbons (Fsp3) is 0.611. The molecule has 5 atom stereocenters. The molecule has 0 bridgehead atoms. The second kappa shape index (κ2) is 20.2. The normalized spacial score (nSPS) is 15.2. The van der Waals surface area contributed by atoms with E-state index in [1.54, 1.807) is 20.8 Å². The van der Waals surface area contributed by atoms with E-state index in [4.69, 9.17) is 4.74 Å². The third kappa shape index (κ3) is 12.6. The minimum absolute atomic E-state index is 0.0158. The topological polar surface area (TPSA) is 70.1 Å². The number of hydrogen-bond acceptors (Lipinski definition) is 5. The van der Waals surface area contributed by atoms with Crippen molar-refractivity contribution in [2.75, 3.05) is 13.1 Å². The van der Waals surface area contributed by atoms with Gasteiger partial charge in [0, 0.05) is 13.1 Å². The number of hydrogen-bond donors (Lipinski definition) is 1. The first kappa shape index (κ1) is 37.3. The molecule has 8 heteroatoms. The molecule has 2 rings (SSSR count). The summed E-state index contributed by atoms with van der Waals surface area (Å²) in [6.45, 7) is 9.32. The third-order valence-corrected chi connectivity index (χ3v) is 8.61. The van der Waals surface area contributed by atoms with E-state index < -0.39 is 36.0 Å². The number of rotatable bonds is 22. The molecule has 0 spiro atoms. The lowest BCUT2D eigenvalue weighted by Gasteiger charge is -2.41. The number of halogens is 2. The van der Waals surface area contributed by atoms with Gasteiger partial charge in [0.05, 0.1) is 18.2 Å². The molecular formula is C36H54F2N2O4. The maximum Gasteiger partial charge on any atom is 0.320 e. The molecule has 1 N–H and O–H groups in total. The summed E-state index contributed by atoms with van der Waals surface area (Å²) in [6, 6.07) is 17.6. The van der Waals surface area contributed by atoms with Crippen LogP contribution < -0.4 is 0 Å². The molecule has 44 heavy (non-hydrogen) atoms. The maximum atomic E-state index is 16.5. The first-order chi connectivity index (χ1) is 21.1. The first-order valence-corrected chi connectivity index (χ1v) is 16.4. The standard InChI is InChI=1S/C36H54F2N2O4/c1-6-8-9-16-21-32(31(7-2)26-33(35(41)42)36(43)44-27(3)4)34(40(38)25-23-30-19-14-11-15-20-30)28(5)39(37)24-22-29-17-12-10-13-18-29/h10-15,17-20,27-28,31-34H,6-9,16,21-26H2,1-5H3,(H,41,42). The van der Waals surface area contributed by atoms with Crippen LogP contribution in [0.2, 0.25) is 0 Å². The molecule has 5 unspecified atom stereocenters.